The Bertz CT molecular complexity index is 1040. The lowest BCUT2D eigenvalue weighted by atomic mass is 9.99. The zero-order chi connectivity index (χ0) is 21.8. The fraction of sp³-hybridized carbons (Fsp3) is 0.261. The molecule has 0 radical (unpaired) electrons. The fourth-order valence-corrected chi connectivity index (χ4v) is 4.51. The molecule has 1 aromatic carbocycles. The van der Waals surface area contributed by atoms with Gasteiger partial charge in [-0.15, -0.1) is 11.3 Å². The van der Waals surface area contributed by atoms with Crippen LogP contribution in [0.1, 0.15) is 28.7 Å². The summed E-state index contributed by atoms with van der Waals surface area (Å²) >= 11 is 1.48. The molecule has 0 unspecified atom stereocenters. The third-order valence-electron chi connectivity index (χ3n) is 5.16. The quantitative estimate of drug-likeness (QED) is 0.570. The maximum atomic E-state index is 12.9. The topological polar surface area (TPSA) is 88.8 Å². The monoisotopic (exact) mass is 438 g/mol. The van der Waals surface area contributed by atoms with E-state index in [4.69, 9.17) is 9.15 Å². The standard InChI is InChI=1S/C23H22N2O5S/c1-15-6-8-16(9-7-15)25-21(27)12-18(22(25)19-5-3-11-31-19)23(28)30-14-20(26)24-13-17-4-2-10-29-17/h2-11,18,22H,12-14H2,1H3,(H,24,26)/t18-,22-/m1/s1. The van der Waals surface area contributed by atoms with Crippen LogP contribution in [0.15, 0.2) is 64.6 Å². The van der Waals surface area contributed by atoms with Crippen LogP contribution in [-0.4, -0.2) is 24.4 Å². The first-order valence-corrected chi connectivity index (χ1v) is 10.8. The Kier molecular flexibility index (Phi) is 6.18. The summed E-state index contributed by atoms with van der Waals surface area (Å²) in [4.78, 5) is 40.4. The molecule has 0 aliphatic carbocycles. The summed E-state index contributed by atoms with van der Waals surface area (Å²) in [5, 5.41) is 4.55. The molecule has 1 aliphatic rings. The Labute approximate surface area is 183 Å². The van der Waals surface area contributed by atoms with Crippen LogP contribution in [0.5, 0.6) is 0 Å². The van der Waals surface area contributed by atoms with E-state index in [-0.39, 0.29) is 18.9 Å². The molecule has 3 aromatic rings. The van der Waals surface area contributed by atoms with E-state index in [1.54, 1.807) is 17.0 Å². The van der Waals surface area contributed by atoms with E-state index in [1.807, 2.05) is 48.7 Å². The minimum absolute atomic E-state index is 0.0310. The van der Waals surface area contributed by atoms with E-state index in [0.29, 0.717) is 5.76 Å². The molecule has 2 atom stereocenters. The number of nitrogens with zero attached hydrogens (tertiary/aromatic N) is 1. The first kappa shape index (κ1) is 20.9. The van der Waals surface area contributed by atoms with Crippen molar-refractivity contribution in [1.82, 2.24) is 5.32 Å². The number of carbonyl (C=O) groups is 3. The molecule has 4 rings (SSSR count). The van der Waals surface area contributed by atoms with Crippen molar-refractivity contribution in [3.05, 3.63) is 76.4 Å². The molecule has 31 heavy (non-hydrogen) atoms. The van der Waals surface area contributed by atoms with Gasteiger partial charge in [0.15, 0.2) is 6.61 Å². The van der Waals surface area contributed by atoms with E-state index in [9.17, 15) is 14.4 Å². The number of esters is 1. The van der Waals surface area contributed by atoms with Crippen LogP contribution in [0.25, 0.3) is 0 Å². The van der Waals surface area contributed by atoms with Crippen molar-refractivity contribution in [3.8, 4) is 0 Å². The maximum absolute atomic E-state index is 12.9. The van der Waals surface area contributed by atoms with Gasteiger partial charge in [-0.25, -0.2) is 0 Å². The smallest absolute Gasteiger partial charge is 0.312 e. The van der Waals surface area contributed by atoms with Gasteiger partial charge >= 0.3 is 5.97 Å². The van der Waals surface area contributed by atoms with Gasteiger partial charge in [0.05, 0.1) is 24.8 Å². The summed E-state index contributed by atoms with van der Waals surface area (Å²) < 4.78 is 10.4. The molecule has 8 heteroatoms. The number of amides is 2. The summed E-state index contributed by atoms with van der Waals surface area (Å²) in [5.74, 6) is -1.23. The number of hydrogen-bond donors (Lipinski definition) is 1. The molecule has 0 bridgehead atoms. The number of rotatable bonds is 7. The Balaban J connectivity index is 1.46. The third kappa shape index (κ3) is 4.69. The van der Waals surface area contributed by atoms with Crippen molar-refractivity contribution in [3.63, 3.8) is 0 Å². The van der Waals surface area contributed by atoms with Crippen molar-refractivity contribution >= 4 is 34.8 Å². The van der Waals surface area contributed by atoms with E-state index in [0.717, 1.165) is 16.1 Å². The summed E-state index contributed by atoms with van der Waals surface area (Å²) in [6.45, 7) is 1.78. The number of furan rings is 1. The molecular formula is C23H22N2O5S. The minimum atomic E-state index is -0.690. The van der Waals surface area contributed by atoms with Gasteiger partial charge in [-0.1, -0.05) is 23.8 Å². The molecule has 1 aliphatic heterocycles. The highest BCUT2D eigenvalue weighted by Crippen LogP contribution is 2.43. The highest BCUT2D eigenvalue weighted by Gasteiger charge is 2.46. The van der Waals surface area contributed by atoms with Crippen molar-refractivity contribution in [2.24, 2.45) is 5.92 Å². The Morgan fingerprint density at radius 1 is 1.19 bits per heavy atom. The average molecular weight is 439 g/mol. The van der Waals surface area contributed by atoms with Gasteiger partial charge in [-0.3, -0.25) is 14.4 Å². The van der Waals surface area contributed by atoms with E-state index in [2.05, 4.69) is 5.32 Å². The van der Waals surface area contributed by atoms with Gasteiger partial charge < -0.3 is 19.4 Å². The first-order valence-electron chi connectivity index (χ1n) is 9.91. The zero-order valence-electron chi connectivity index (χ0n) is 16.9. The number of thiophene rings is 1. The Hall–Kier alpha value is -3.39. The number of hydrogen-bond acceptors (Lipinski definition) is 6. The summed E-state index contributed by atoms with van der Waals surface area (Å²) in [5.41, 5.74) is 1.82. The number of carbonyl (C=O) groups excluding carboxylic acids is 3. The molecule has 1 fully saturated rings. The maximum Gasteiger partial charge on any atom is 0.312 e. The van der Waals surface area contributed by atoms with Gasteiger partial charge in [0.2, 0.25) is 5.91 Å². The van der Waals surface area contributed by atoms with Crippen LogP contribution in [0, 0.1) is 12.8 Å². The fourth-order valence-electron chi connectivity index (χ4n) is 3.63. The van der Waals surface area contributed by atoms with E-state index >= 15 is 0 Å². The predicted octanol–water partition coefficient (Wildman–Crippen LogP) is 3.60. The number of nitrogens with one attached hydrogen (secondary N) is 1. The van der Waals surface area contributed by atoms with Gasteiger partial charge in [-0.05, 0) is 42.6 Å². The molecular weight excluding hydrogens is 416 g/mol. The van der Waals surface area contributed by atoms with Crippen LogP contribution < -0.4 is 10.2 Å². The van der Waals surface area contributed by atoms with Crippen molar-refractivity contribution < 1.29 is 23.5 Å². The molecule has 3 heterocycles. The second-order valence-corrected chi connectivity index (χ2v) is 8.31. The normalized spacial score (nSPS) is 18.2. The number of benzene rings is 1. The minimum Gasteiger partial charge on any atom is -0.467 e. The van der Waals surface area contributed by atoms with Crippen LogP contribution in [0.4, 0.5) is 5.69 Å². The van der Waals surface area contributed by atoms with Gasteiger partial charge in [0, 0.05) is 17.0 Å². The number of aryl methyl sites for hydroxylation is 1. The Morgan fingerprint density at radius 2 is 2.00 bits per heavy atom. The van der Waals surface area contributed by atoms with Crippen molar-refractivity contribution in [2.45, 2.75) is 25.9 Å². The first-order chi connectivity index (χ1) is 15.0. The molecule has 2 amide bonds. The molecule has 1 saturated heterocycles. The highest BCUT2D eigenvalue weighted by molar-refractivity contribution is 7.10. The Morgan fingerprint density at radius 3 is 2.68 bits per heavy atom. The molecule has 160 valence electrons. The molecule has 7 nitrogen and oxygen atoms in total. The third-order valence-corrected chi connectivity index (χ3v) is 6.10. The van der Waals surface area contributed by atoms with Gasteiger partial charge in [-0.2, -0.15) is 0 Å². The number of ether oxygens (including phenoxy) is 1. The molecule has 2 aromatic heterocycles. The van der Waals surface area contributed by atoms with Crippen LogP contribution >= 0.6 is 11.3 Å². The van der Waals surface area contributed by atoms with Crippen molar-refractivity contribution in [2.75, 3.05) is 11.5 Å². The van der Waals surface area contributed by atoms with E-state index < -0.39 is 30.4 Å². The molecule has 0 spiro atoms. The van der Waals surface area contributed by atoms with Crippen LogP contribution in [0.2, 0.25) is 0 Å². The van der Waals surface area contributed by atoms with Crippen LogP contribution in [-0.2, 0) is 25.7 Å². The summed E-state index contributed by atoms with van der Waals surface area (Å²) in [6.07, 6.45) is 1.55. The lowest BCUT2D eigenvalue weighted by Gasteiger charge is -2.27. The molecule has 1 N–H and O–H groups in total. The SMILES string of the molecule is Cc1ccc(N2C(=O)C[C@@H](C(=O)OCC(=O)NCc3ccco3)[C@@H]2c2cccs2)cc1. The lowest BCUT2D eigenvalue weighted by Crippen LogP contribution is -2.33. The highest BCUT2D eigenvalue weighted by atomic mass is 32.1. The van der Waals surface area contributed by atoms with Crippen molar-refractivity contribution in [1.29, 1.82) is 0 Å². The largest absolute Gasteiger partial charge is 0.467 e. The van der Waals surface area contributed by atoms with Gasteiger partial charge in [0.1, 0.15) is 5.76 Å². The summed E-state index contributed by atoms with van der Waals surface area (Å²) in [6, 6.07) is 14.4. The lowest BCUT2D eigenvalue weighted by molar-refractivity contribution is -0.153. The zero-order valence-corrected chi connectivity index (χ0v) is 17.8. The van der Waals surface area contributed by atoms with Gasteiger partial charge in [0.25, 0.3) is 5.91 Å². The van der Waals surface area contributed by atoms with Crippen LogP contribution in [0.3, 0.4) is 0 Å². The van der Waals surface area contributed by atoms with E-state index in [1.165, 1.54) is 17.6 Å². The summed E-state index contributed by atoms with van der Waals surface area (Å²) in [7, 11) is 0. The second kappa shape index (κ2) is 9.18. The average Bonchev–Trinajstić information content (AvgIpc) is 3.52. The molecule has 0 saturated carbocycles. The predicted molar refractivity (Wildman–Crippen MR) is 115 cm³/mol. The second-order valence-electron chi connectivity index (χ2n) is 7.33. The number of anilines is 1.